The Labute approximate surface area is 99.5 Å². The van der Waals surface area contributed by atoms with E-state index >= 15 is 0 Å². The van der Waals surface area contributed by atoms with Crippen molar-refractivity contribution in [2.75, 3.05) is 13.2 Å². The number of benzene rings is 1. The molecule has 0 amide bonds. The maximum absolute atomic E-state index is 9.52. The first-order valence-electron chi connectivity index (χ1n) is 4.96. The maximum Gasteiger partial charge on any atom is 0.120 e. The van der Waals surface area contributed by atoms with Crippen LogP contribution in [0.25, 0.3) is 0 Å². The van der Waals surface area contributed by atoms with Gasteiger partial charge in [0, 0.05) is 23.7 Å². The van der Waals surface area contributed by atoms with Gasteiger partial charge in [0.1, 0.15) is 5.75 Å². The Hall–Kier alpha value is -0.810. The van der Waals surface area contributed by atoms with Crippen LogP contribution in [-0.4, -0.2) is 34.1 Å². The van der Waals surface area contributed by atoms with Crippen LogP contribution in [0.4, 0.5) is 0 Å². The van der Waals surface area contributed by atoms with E-state index < -0.39 is 5.60 Å². The molecular formula is C11H16ClNO3. The topological polar surface area (TPSA) is 72.7 Å². The molecule has 0 aliphatic carbocycles. The van der Waals surface area contributed by atoms with Crippen molar-refractivity contribution in [2.45, 2.75) is 19.1 Å². The fourth-order valence-electron chi connectivity index (χ4n) is 1.22. The van der Waals surface area contributed by atoms with Gasteiger partial charge in [-0.05, 0) is 25.1 Å². The Morgan fingerprint density at radius 3 is 2.75 bits per heavy atom. The third-order valence-corrected chi connectivity index (χ3v) is 2.44. The van der Waals surface area contributed by atoms with Crippen LogP contribution >= 0.6 is 11.6 Å². The lowest BCUT2D eigenvalue weighted by molar-refractivity contribution is 0.00251. The lowest BCUT2D eigenvalue weighted by Crippen LogP contribution is -2.40. The van der Waals surface area contributed by atoms with Crippen molar-refractivity contribution in [3.63, 3.8) is 0 Å². The maximum atomic E-state index is 9.52. The van der Waals surface area contributed by atoms with Gasteiger partial charge in [0.2, 0.25) is 0 Å². The summed E-state index contributed by atoms with van der Waals surface area (Å²) in [7, 11) is 0. The molecule has 0 aliphatic heterocycles. The summed E-state index contributed by atoms with van der Waals surface area (Å²) in [5, 5.41) is 31.3. The molecule has 0 radical (unpaired) electrons. The molecule has 1 rings (SSSR count). The highest BCUT2D eigenvalue weighted by molar-refractivity contribution is 6.30. The minimum Gasteiger partial charge on any atom is -0.508 e. The van der Waals surface area contributed by atoms with Crippen molar-refractivity contribution >= 4 is 11.6 Å². The molecule has 0 aliphatic rings. The van der Waals surface area contributed by atoms with Crippen LogP contribution in [0.1, 0.15) is 12.5 Å². The second-order valence-corrected chi connectivity index (χ2v) is 4.47. The first-order valence-corrected chi connectivity index (χ1v) is 5.34. The Kier molecular flexibility index (Phi) is 4.56. The molecule has 0 heterocycles. The molecule has 4 N–H and O–H groups in total. The van der Waals surface area contributed by atoms with E-state index in [0.717, 1.165) is 0 Å². The molecule has 0 saturated heterocycles. The summed E-state index contributed by atoms with van der Waals surface area (Å²) in [6.07, 6.45) is 0. The predicted octanol–water partition coefficient (Wildman–Crippen LogP) is 0.878. The lowest BCUT2D eigenvalue weighted by atomic mass is 10.1. The van der Waals surface area contributed by atoms with Crippen molar-refractivity contribution in [1.82, 2.24) is 5.32 Å². The van der Waals surface area contributed by atoms with Crippen molar-refractivity contribution < 1.29 is 15.3 Å². The predicted molar refractivity (Wildman–Crippen MR) is 62.5 cm³/mol. The van der Waals surface area contributed by atoms with Gasteiger partial charge < -0.3 is 20.6 Å². The van der Waals surface area contributed by atoms with Gasteiger partial charge in [-0.15, -0.1) is 0 Å². The normalized spacial score (nSPS) is 14.8. The van der Waals surface area contributed by atoms with Gasteiger partial charge in [0.05, 0.1) is 12.2 Å². The average molecular weight is 246 g/mol. The van der Waals surface area contributed by atoms with E-state index in [9.17, 15) is 10.2 Å². The second-order valence-electron chi connectivity index (χ2n) is 4.03. The number of hydrogen-bond acceptors (Lipinski definition) is 4. The third-order valence-electron chi connectivity index (χ3n) is 2.20. The molecule has 1 unspecified atom stereocenters. The molecular weight excluding hydrogens is 230 g/mol. The molecule has 1 aromatic rings. The summed E-state index contributed by atoms with van der Waals surface area (Å²) in [5.41, 5.74) is -0.505. The molecule has 0 aromatic heterocycles. The van der Waals surface area contributed by atoms with E-state index in [1.807, 2.05) is 0 Å². The van der Waals surface area contributed by atoms with Gasteiger partial charge in [-0.25, -0.2) is 0 Å². The molecule has 5 heteroatoms. The summed E-state index contributed by atoms with van der Waals surface area (Å²) >= 11 is 5.78. The zero-order valence-electron chi connectivity index (χ0n) is 9.07. The number of aromatic hydroxyl groups is 1. The van der Waals surface area contributed by atoms with E-state index in [-0.39, 0.29) is 18.9 Å². The van der Waals surface area contributed by atoms with Crippen LogP contribution in [0.3, 0.4) is 0 Å². The van der Waals surface area contributed by atoms with Crippen LogP contribution in [0, 0.1) is 0 Å². The zero-order valence-corrected chi connectivity index (χ0v) is 9.83. The number of nitrogens with one attached hydrogen (secondary N) is 1. The molecule has 16 heavy (non-hydrogen) atoms. The van der Waals surface area contributed by atoms with E-state index in [2.05, 4.69) is 5.32 Å². The molecule has 0 spiro atoms. The van der Waals surface area contributed by atoms with Gasteiger partial charge in [0.15, 0.2) is 0 Å². The number of aliphatic hydroxyl groups is 2. The Morgan fingerprint density at radius 1 is 1.44 bits per heavy atom. The molecule has 0 saturated carbocycles. The summed E-state index contributed by atoms with van der Waals surface area (Å²) in [6.45, 7) is 1.82. The number of aliphatic hydroxyl groups excluding tert-OH is 1. The van der Waals surface area contributed by atoms with E-state index in [4.69, 9.17) is 16.7 Å². The molecule has 90 valence electrons. The summed E-state index contributed by atoms with van der Waals surface area (Å²) in [4.78, 5) is 0. The Bertz CT molecular complexity index is 355. The second kappa shape index (κ2) is 5.50. The highest BCUT2D eigenvalue weighted by atomic mass is 35.5. The monoisotopic (exact) mass is 245 g/mol. The van der Waals surface area contributed by atoms with Crippen molar-refractivity contribution in [2.24, 2.45) is 0 Å². The molecule has 0 fully saturated rings. The Balaban J connectivity index is 2.52. The smallest absolute Gasteiger partial charge is 0.120 e. The number of rotatable bonds is 5. The first-order chi connectivity index (χ1) is 7.44. The van der Waals surface area contributed by atoms with Crippen molar-refractivity contribution in [3.05, 3.63) is 28.8 Å². The van der Waals surface area contributed by atoms with Gasteiger partial charge in [-0.1, -0.05) is 11.6 Å². The van der Waals surface area contributed by atoms with Crippen LogP contribution < -0.4 is 5.32 Å². The van der Waals surface area contributed by atoms with Gasteiger partial charge in [0.25, 0.3) is 0 Å². The van der Waals surface area contributed by atoms with Crippen molar-refractivity contribution in [1.29, 1.82) is 0 Å². The van der Waals surface area contributed by atoms with E-state index in [1.165, 1.54) is 13.0 Å². The number of phenolic OH excluding ortho intramolecular Hbond substituents is 1. The minimum atomic E-state index is -1.16. The number of halogens is 1. The average Bonchev–Trinajstić information content (AvgIpc) is 2.23. The quantitative estimate of drug-likeness (QED) is 0.622. The van der Waals surface area contributed by atoms with Crippen LogP contribution in [0.15, 0.2) is 18.2 Å². The van der Waals surface area contributed by atoms with Crippen LogP contribution in [0.5, 0.6) is 5.75 Å². The SMILES string of the molecule is CC(O)(CO)CNCc1cc(Cl)ccc1O. The molecule has 1 aromatic carbocycles. The van der Waals surface area contributed by atoms with Crippen LogP contribution in [-0.2, 0) is 6.54 Å². The van der Waals surface area contributed by atoms with Crippen molar-refractivity contribution in [3.8, 4) is 5.75 Å². The molecule has 4 nitrogen and oxygen atoms in total. The summed E-state index contributed by atoms with van der Waals surface area (Å²) < 4.78 is 0. The number of phenols is 1. The Morgan fingerprint density at radius 2 is 2.12 bits per heavy atom. The summed E-state index contributed by atoms with van der Waals surface area (Å²) in [6, 6.07) is 4.77. The number of hydrogen-bond donors (Lipinski definition) is 4. The largest absolute Gasteiger partial charge is 0.508 e. The standard InChI is InChI=1S/C11H16ClNO3/c1-11(16,7-14)6-13-5-8-4-9(12)2-3-10(8)15/h2-4,13-16H,5-7H2,1H3. The lowest BCUT2D eigenvalue weighted by Gasteiger charge is -2.20. The molecule has 1 atom stereocenters. The first kappa shape index (κ1) is 13.3. The highest BCUT2D eigenvalue weighted by Crippen LogP contribution is 2.21. The van der Waals surface area contributed by atoms with Gasteiger partial charge in [-0.2, -0.15) is 0 Å². The van der Waals surface area contributed by atoms with Gasteiger partial charge >= 0.3 is 0 Å². The van der Waals surface area contributed by atoms with Gasteiger partial charge in [-0.3, -0.25) is 0 Å². The third kappa shape index (κ3) is 3.98. The zero-order chi connectivity index (χ0) is 12.2. The van der Waals surface area contributed by atoms with Crippen LogP contribution in [0.2, 0.25) is 5.02 Å². The van der Waals surface area contributed by atoms with E-state index in [1.54, 1.807) is 12.1 Å². The fourth-order valence-corrected chi connectivity index (χ4v) is 1.41. The fraction of sp³-hybridized carbons (Fsp3) is 0.455. The molecule has 0 bridgehead atoms. The summed E-state index contributed by atoms with van der Waals surface area (Å²) in [5.74, 6) is 0.153. The highest BCUT2D eigenvalue weighted by Gasteiger charge is 2.18. The minimum absolute atomic E-state index is 0.153. The van der Waals surface area contributed by atoms with E-state index in [0.29, 0.717) is 17.1 Å².